The van der Waals surface area contributed by atoms with E-state index in [2.05, 4.69) is 20.9 Å². The van der Waals surface area contributed by atoms with Gasteiger partial charge in [-0.05, 0) is 63.6 Å². The molecule has 41 heavy (non-hydrogen) atoms. The van der Waals surface area contributed by atoms with Crippen LogP contribution in [0.2, 0.25) is 0 Å². The molecule has 14 heteroatoms. The molecule has 0 bridgehead atoms. The molecule has 0 unspecified atom stereocenters. The number of hydrogen-bond donors (Lipinski definition) is 9. The minimum atomic E-state index is -1.06. The predicted molar refractivity (Wildman–Crippen MR) is 159 cm³/mol. The van der Waals surface area contributed by atoms with Crippen LogP contribution in [-0.4, -0.2) is 73.4 Å². The average Bonchev–Trinajstić information content (AvgIpc) is 2.93. The lowest BCUT2D eigenvalue weighted by molar-refractivity contribution is -0.133. The molecule has 0 heterocycles. The van der Waals surface area contributed by atoms with Gasteiger partial charge in [0.2, 0.25) is 23.6 Å². The Labute approximate surface area is 241 Å². The summed E-state index contributed by atoms with van der Waals surface area (Å²) < 4.78 is 0. The van der Waals surface area contributed by atoms with E-state index in [9.17, 15) is 19.2 Å². The molecular formula is C27H48N10O4. The smallest absolute Gasteiger partial charge is 0.243 e. The summed E-state index contributed by atoms with van der Waals surface area (Å²) >= 11 is 0. The van der Waals surface area contributed by atoms with E-state index in [1.807, 2.05) is 30.3 Å². The lowest BCUT2D eigenvalue weighted by Crippen LogP contribution is -2.58. The molecule has 0 saturated heterocycles. The van der Waals surface area contributed by atoms with Crippen LogP contribution >= 0.6 is 0 Å². The van der Waals surface area contributed by atoms with Crippen molar-refractivity contribution in [3.8, 4) is 0 Å². The van der Waals surface area contributed by atoms with Gasteiger partial charge < -0.3 is 50.4 Å². The van der Waals surface area contributed by atoms with Gasteiger partial charge in [-0.1, -0.05) is 36.8 Å². The van der Waals surface area contributed by atoms with Crippen molar-refractivity contribution in [1.29, 1.82) is 0 Å². The van der Waals surface area contributed by atoms with Gasteiger partial charge in [0.25, 0.3) is 0 Å². The molecule has 0 aliphatic heterocycles. The second-order valence-electron chi connectivity index (χ2n) is 9.90. The van der Waals surface area contributed by atoms with Crippen LogP contribution in [0.1, 0.15) is 56.9 Å². The van der Waals surface area contributed by atoms with Crippen LogP contribution < -0.4 is 50.4 Å². The Morgan fingerprint density at radius 2 is 1.22 bits per heavy atom. The van der Waals surface area contributed by atoms with Crippen molar-refractivity contribution in [3.05, 3.63) is 35.9 Å². The normalized spacial score (nSPS) is 13.7. The first-order valence-corrected chi connectivity index (χ1v) is 14.0. The summed E-state index contributed by atoms with van der Waals surface area (Å²) in [5.41, 5.74) is 34.2. The van der Waals surface area contributed by atoms with E-state index in [0.717, 1.165) is 12.0 Å². The molecule has 4 atom stereocenters. The fourth-order valence-electron chi connectivity index (χ4n) is 4.07. The molecule has 0 aromatic heterocycles. The van der Waals surface area contributed by atoms with E-state index >= 15 is 0 Å². The molecule has 0 spiro atoms. The number of primary amides is 1. The number of benzene rings is 1. The fraction of sp³-hybridized carbons (Fsp3) is 0.593. The Morgan fingerprint density at radius 3 is 1.80 bits per heavy atom. The summed E-state index contributed by atoms with van der Waals surface area (Å²) in [5.74, 6) is -2.45. The number of carbonyl (C=O) groups excluding carboxylic acids is 4. The van der Waals surface area contributed by atoms with Crippen molar-refractivity contribution in [2.45, 2.75) is 82.0 Å². The van der Waals surface area contributed by atoms with Crippen LogP contribution in [0, 0.1) is 0 Å². The SMILES string of the molecule is NCCCC[C@H](NC(=O)[C@H](Cc1ccccc1)NC(=O)[C@H](CCCN=C(N)N)NC(=O)[C@@H](N)CCCCN)C(N)=O. The Balaban J connectivity index is 3.10. The van der Waals surface area contributed by atoms with Crippen LogP contribution in [0.4, 0.5) is 0 Å². The maximum absolute atomic E-state index is 13.5. The first-order chi connectivity index (χ1) is 19.6. The van der Waals surface area contributed by atoms with E-state index in [-0.39, 0.29) is 25.3 Å². The lowest BCUT2D eigenvalue weighted by atomic mass is 10.0. The van der Waals surface area contributed by atoms with E-state index in [4.69, 9.17) is 34.4 Å². The van der Waals surface area contributed by atoms with Gasteiger partial charge in [0, 0.05) is 13.0 Å². The Morgan fingerprint density at radius 1 is 0.683 bits per heavy atom. The molecule has 0 saturated carbocycles. The second kappa shape index (κ2) is 20.2. The number of nitrogens with two attached hydrogens (primary N) is 6. The molecule has 230 valence electrons. The number of rotatable bonds is 21. The fourth-order valence-corrected chi connectivity index (χ4v) is 4.07. The highest BCUT2D eigenvalue weighted by Crippen LogP contribution is 2.08. The van der Waals surface area contributed by atoms with E-state index in [0.29, 0.717) is 51.6 Å². The van der Waals surface area contributed by atoms with Crippen molar-refractivity contribution >= 4 is 29.6 Å². The molecule has 0 aliphatic carbocycles. The van der Waals surface area contributed by atoms with E-state index in [1.165, 1.54) is 0 Å². The highest BCUT2D eigenvalue weighted by atomic mass is 16.2. The Hall–Kier alpha value is -3.75. The van der Waals surface area contributed by atoms with Crippen LogP contribution in [0.25, 0.3) is 0 Å². The minimum absolute atomic E-state index is 0.0907. The monoisotopic (exact) mass is 576 g/mol. The number of hydrogen-bond acceptors (Lipinski definition) is 8. The van der Waals surface area contributed by atoms with Gasteiger partial charge in [0.05, 0.1) is 6.04 Å². The third kappa shape index (κ3) is 15.0. The van der Waals surface area contributed by atoms with Gasteiger partial charge in [-0.25, -0.2) is 0 Å². The van der Waals surface area contributed by atoms with Gasteiger partial charge in [0.1, 0.15) is 18.1 Å². The van der Waals surface area contributed by atoms with Gasteiger partial charge in [-0.15, -0.1) is 0 Å². The number of amides is 4. The Bertz CT molecular complexity index is 972. The highest BCUT2D eigenvalue weighted by Gasteiger charge is 2.30. The summed E-state index contributed by atoms with van der Waals surface area (Å²) in [4.78, 5) is 55.5. The largest absolute Gasteiger partial charge is 0.370 e. The zero-order chi connectivity index (χ0) is 30.6. The molecule has 1 rings (SSSR count). The third-order valence-electron chi connectivity index (χ3n) is 6.41. The van der Waals surface area contributed by atoms with E-state index in [1.54, 1.807) is 0 Å². The molecule has 4 amide bonds. The third-order valence-corrected chi connectivity index (χ3v) is 6.41. The number of aliphatic imine (C=N–C) groups is 1. The zero-order valence-corrected chi connectivity index (χ0v) is 23.7. The van der Waals surface area contributed by atoms with Crippen LogP contribution in [-0.2, 0) is 25.6 Å². The summed E-state index contributed by atoms with van der Waals surface area (Å²) in [6.45, 7) is 1.17. The van der Waals surface area contributed by atoms with Crippen LogP contribution in [0.15, 0.2) is 35.3 Å². The van der Waals surface area contributed by atoms with Crippen molar-refractivity contribution in [2.75, 3.05) is 19.6 Å². The molecule has 15 N–H and O–H groups in total. The second-order valence-corrected chi connectivity index (χ2v) is 9.90. The molecule has 1 aromatic carbocycles. The molecule has 1 aromatic rings. The minimum Gasteiger partial charge on any atom is -0.370 e. The number of nitrogens with zero attached hydrogens (tertiary/aromatic N) is 1. The van der Waals surface area contributed by atoms with Gasteiger partial charge >= 0.3 is 0 Å². The lowest BCUT2D eigenvalue weighted by Gasteiger charge is -2.25. The van der Waals surface area contributed by atoms with Crippen molar-refractivity contribution in [2.24, 2.45) is 39.4 Å². The van der Waals surface area contributed by atoms with Crippen molar-refractivity contribution < 1.29 is 19.2 Å². The zero-order valence-electron chi connectivity index (χ0n) is 23.7. The van der Waals surface area contributed by atoms with E-state index < -0.39 is 47.8 Å². The summed E-state index contributed by atoms with van der Waals surface area (Å²) in [6.07, 6.45) is 4.07. The topological polar surface area (TPSA) is 273 Å². The maximum atomic E-state index is 13.5. The average molecular weight is 577 g/mol. The molecule has 14 nitrogen and oxygen atoms in total. The summed E-state index contributed by atoms with van der Waals surface area (Å²) in [5, 5.41) is 8.10. The molecular weight excluding hydrogens is 528 g/mol. The number of unbranched alkanes of at least 4 members (excludes halogenated alkanes) is 2. The quantitative estimate of drug-likeness (QED) is 0.0436. The van der Waals surface area contributed by atoms with Gasteiger partial charge in [-0.3, -0.25) is 24.2 Å². The number of nitrogens with one attached hydrogen (secondary N) is 3. The van der Waals surface area contributed by atoms with Gasteiger partial charge in [0.15, 0.2) is 5.96 Å². The van der Waals surface area contributed by atoms with Crippen molar-refractivity contribution in [1.82, 2.24) is 16.0 Å². The van der Waals surface area contributed by atoms with Crippen molar-refractivity contribution in [3.63, 3.8) is 0 Å². The predicted octanol–water partition coefficient (Wildman–Crippen LogP) is -2.19. The highest BCUT2D eigenvalue weighted by molar-refractivity contribution is 5.94. The van der Waals surface area contributed by atoms with Crippen LogP contribution in [0.5, 0.6) is 0 Å². The number of guanidine groups is 1. The standard InChI is InChI=1S/C27H48N10O4/c28-14-6-4-11-19(30)24(39)36-21(13-8-16-34-27(32)33)25(40)37-22(17-18-9-2-1-3-10-18)26(41)35-20(23(31)38)12-5-7-15-29/h1-3,9-10,19-22H,4-8,11-17,28-30H2,(H2,31,38)(H,35,41)(H,36,39)(H,37,40)(H4,32,33,34)/t19-,20-,21-,22-/m0/s1. The first-order valence-electron chi connectivity index (χ1n) is 14.0. The summed E-state index contributed by atoms with van der Waals surface area (Å²) in [7, 11) is 0. The molecule has 0 aliphatic rings. The van der Waals surface area contributed by atoms with Gasteiger partial charge in [-0.2, -0.15) is 0 Å². The Kier molecular flexibility index (Phi) is 17.4. The number of carbonyl (C=O) groups is 4. The molecule has 0 fully saturated rings. The van der Waals surface area contributed by atoms with Crippen LogP contribution in [0.3, 0.4) is 0 Å². The first kappa shape index (κ1) is 35.3. The summed E-state index contributed by atoms with van der Waals surface area (Å²) in [6, 6.07) is 5.25. The maximum Gasteiger partial charge on any atom is 0.243 e. The molecule has 0 radical (unpaired) electrons.